The van der Waals surface area contributed by atoms with Crippen LogP contribution in [0, 0.1) is 11.3 Å². The van der Waals surface area contributed by atoms with Crippen LogP contribution >= 0.6 is 0 Å². The Bertz CT molecular complexity index is 348. The minimum absolute atomic E-state index is 0.0568. The summed E-state index contributed by atoms with van der Waals surface area (Å²) in [4.78, 5) is 0. The van der Waals surface area contributed by atoms with Crippen molar-refractivity contribution in [2.24, 2.45) is 11.3 Å². The van der Waals surface area contributed by atoms with E-state index in [1.54, 1.807) is 6.92 Å². The van der Waals surface area contributed by atoms with Crippen LogP contribution in [0.3, 0.4) is 0 Å². The summed E-state index contributed by atoms with van der Waals surface area (Å²) in [6.45, 7) is 10.5. The monoisotopic (exact) mass is 261 g/mol. The molecule has 4 heteroatoms. The zero-order chi connectivity index (χ0) is 13.3. The smallest absolute Gasteiger partial charge is 0.151 e. The lowest BCUT2D eigenvalue weighted by atomic mass is 9.91. The van der Waals surface area contributed by atoms with E-state index < -0.39 is 9.84 Å². The molecule has 0 aromatic carbocycles. The van der Waals surface area contributed by atoms with Crippen LogP contribution in [-0.2, 0) is 9.84 Å². The Balaban J connectivity index is 2.50. The first-order valence-electron chi connectivity index (χ1n) is 6.62. The summed E-state index contributed by atoms with van der Waals surface area (Å²) >= 11 is 0. The van der Waals surface area contributed by atoms with E-state index in [2.05, 4.69) is 26.1 Å². The van der Waals surface area contributed by atoms with Gasteiger partial charge < -0.3 is 5.32 Å². The normalized spacial score (nSPS) is 30.4. The fourth-order valence-corrected chi connectivity index (χ4v) is 4.12. The highest BCUT2D eigenvalue weighted by Gasteiger charge is 2.37. The molecule has 3 atom stereocenters. The Morgan fingerprint density at radius 2 is 1.94 bits per heavy atom. The second-order valence-electron chi connectivity index (χ2n) is 6.42. The highest BCUT2D eigenvalue weighted by molar-refractivity contribution is 7.91. The van der Waals surface area contributed by atoms with E-state index in [1.165, 1.54) is 6.42 Å². The Morgan fingerprint density at radius 3 is 2.35 bits per heavy atom. The molecule has 1 fully saturated rings. The molecule has 0 radical (unpaired) electrons. The van der Waals surface area contributed by atoms with Crippen LogP contribution in [0.2, 0.25) is 0 Å². The fourth-order valence-electron chi connectivity index (χ4n) is 3.03. The highest BCUT2D eigenvalue weighted by atomic mass is 32.2. The average molecular weight is 261 g/mol. The van der Waals surface area contributed by atoms with Gasteiger partial charge >= 0.3 is 0 Å². The maximum absolute atomic E-state index is 11.6. The van der Waals surface area contributed by atoms with Gasteiger partial charge in [0.15, 0.2) is 9.84 Å². The molecule has 0 heterocycles. The zero-order valence-corrected chi connectivity index (χ0v) is 12.6. The molecule has 3 nitrogen and oxygen atoms in total. The number of hydrogen-bond donors (Lipinski definition) is 1. The van der Waals surface area contributed by atoms with Crippen LogP contribution in [0.4, 0.5) is 0 Å². The number of nitrogens with one attached hydrogen (secondary N) is 1. The number of hydrogen-bond acceptors (Lipinski definition) is 3. The molecule has 1 saturated carbocycles. The molecule has 1 rings (SSSR count). The fraction of sp³-hybridized carbons (Fsp3) is 1.00. The molecule has 0 spiro atoms. The van der Waals surface area contributed by atoms with Crippen molar-refractivity contribution in [1.82, 2.24) is 5.32 Å². The Labute approximate surface area is 106 Å². The molecule has 0 amide bonds. The third-order valence-electron chi connectivity index (χ3n) is 3.78. The van der Waals surface area contributed by atoms with E-state index in [-0.39, 0.29) is 17.5 Å². The summed E-state index contributed by atoms with van der Waals surface area (Å²) in [5.74, 6) is 1.13. The van der Waals surface area contributed by atoms with Crippen molar-refractivity contribution < 1.29 is 8.42 Å². The van der Waals surface area contributed by atoms with Gasteiger partial charge in [0.2, 0.25) is 0 Å². The Morgan fingerprint density at radius 1 is 1.35 bits per heavy atom. The van der Waals surface area contributed by atoms with Gasteiger partial charge in [-0.1, -0.05) is 27.7 Å². The van der Waals surface area contributed by atoms with Gasteiger partial charge in [-0.25, -0.2) is 8.42 Å². The van der Waals surface area contributed by atoms with Gasteiger partial charge in [0, 0.05) is 17.8 Å². The molecule has 1 aliphatic rings. The third-order valence-corrected chi connectivity index (χ3v) is 5.66. The van der Waals surface area contributed by atoms with Crippen molar-refractivity contribution >= 4 is 9.84 Å². The van der Waals surface area contributed by atoms with Crippen LogP contribution in [0.1, 0.15) is 47.5 Å². The molecule has 0 aromatic heterocycles. The van der Waals surface area contributed by atoms with Crippen LogP contribution < -0.4 is 5.32 Å². The minimum Gasteiger partial charge on any atom is -0.310 e. The van der Waals surface area contributed by atoms with E-state index in [0.717, 1.165) is 6.42 Å². The standard InChI is InChI=1S/C13H27NO2S/c1-6-17(15,16)9-11(3)14-12-8-13(4,5)7-10(12)2/h10-12,14H,6-9H2,1-5H3/t10-,11+,12+/m1/s1. The summed E-state index contributed by atoms with van der Waals surface area (Å²) in [6.07, 6.45) is 2.36. The van der Waals surface area contributed by atoms with Gasteiger partial charge in [0.25, 0.3) is 0 Å². The summed E-state index contributed by atoms with van der Waals surface area (Å²) < 4.78 is 23.1. The quantitative estimate of drug-likeness (QED) is 0.825. The van der Waals surface area contributed by atoms with Gasteiger partial charge in [-0.2, -0.15) is 0 Å². The van der Waals surface area contributed by atoms with Gasteiger partial charge in [-0.05, 0) is 31.1 Å². The summed E-state index contributed by atoms with van der Waals surface area (Å²) in [5.41, 5.74) is 0.389. The molecule has 102 valence electrons. The topological polar surface area (TPSA) is 46.2 Å². The van der Waals surface area contributed by atoms with Crippen LogP contribution in [0.5, 0.6) is 0 Å². The molecule has 0 aromatic rings. The van der Waals surface area contributed by atoms with E-state index >= 15 is 0 Å². The van der Waals surface area contributed by atoms with E-state index in [0.29, 0.717) is 17.4 Å². The first kappa shape index (κ1) is 15.0. The van der Waals surface area contributed by atoms with E-state index in [1.807, 2.05) is 6.92 Å². The minimum atomic E-state index is -2.87. The number of sulfone groups is 1. The molecule has 17 heavy (non-hydrogen) atoms. The molecular weight excluding hydrogens is 234 g/mol. The predicted molar refractivity (Wildman–Crippen MR) is 72.9 cm³/mol. The van der Waals surface area contributed by atoms with Gasteiger partial charge in [0.05, 0.1) is 5.75 Å². The second-order valence-corrected chi connectivity index (χ2v) is 8.82. The van der Waals surface area contributed by atoms with Gasteiger partial charge in [-0.3, -0.25) is 0 Å². The van der Waals surface area contributed by atoms with E-state index in [4.69, 9.17) is 0 Å². The van der Waals surface area contributed by atoms with E-state index in [9.17, 15) is 8.42 Å². The van der Waals surface area contributed by atoms with Crippen molar-refractivity contribution in [3.05, 3.63) is 0 Å². The molecule has 0 bridgehead atoms. The van der Waals surface area contributed by atoms with Gasteiger partial charge in [0.1, 0.15) is 0 Å². The molecular formula is C13H27NO2S. The third kappa shape index (κ3) is 4.59. The lowest BCUT2D eigenvalue weighted by Gasteiger charge is -2.23. The molecule has 0 aliphatic heterocycles. The largest absolute Gasteiger partial charge is 0.310 e. The maximum Gasteiger partial charge on any atom is 0.151 e. The summed E-state index contributed by atoms with van der Waals surface area (Å²) in [5, 5.41) is 3.50. The van der Waals surface area contributed by atoms with Crippen LogP contribution in [0.25, 0.3) is 0 Å². The summed E-state index contributed by atoms with van der Waals surface area (Å²) in [6, 6.07) is 0.522. The molecule has 0 unspecified atom stereocenters. The second kappa shape index (κ2) is 5.27. The number of rotatable bonds is 5. The molecule has 0 saturated heterocycles. The first-order chi connectivity index (χ1) is 7.65. The van der Waals surface area contributed by atoms with Crippen molar-refractivity contribution in [3.63, 3.8) is 0 Å². The molecule has 1 aliphatic carbocycles. The van der Waals surface area contributed by atoms with Crippen LogP contribution in [0.15, 0.2) is 0 Å². The Kier molecular flexibility index (Phi) is 4.64. The van der Waals surface area contributed by atoms with Crippen molar-refractivity contribution in [2.75, 3.05) is 11.5 Å². The Hall–Kier alpha value is -0.0900. The SMILES string of the molecule is CCS(=O)(=O)C[C@H](C)N[C@H]1CC(C)(C)C[C@H]1C. The molecule has 1 N–H and O–H groups in total. The lowest BCUT2D eigenvalue weighted by molar-refractivity contribution is 0.358. The van der Waals surface area contributed by atoms with Crippen molar-refractivity contribution in [2.45, 2.75) is 59.5 Å². The van der Waals surface area contributed by atoms with Gasteiger partial charge in [-0.15, -0.1) is 0 Å². The van der Waals surface area contributed by atoms with Crippen molar-refractivity contribution in [1.29, 1.82) is 0 Å². The zero-order valence-electron chi connectivity index (χ0n) is 11.8. The maximum atomic E-state index is 11.6. The lowest BCUT2D eigenvalue weighted by Crippen LogP contribution is -2.42. The summed E-state index contributed by atoms with van der Waals surface area (Å²) in [7, 11) is -2.87. The van der Waals surface area contributed by atoms with Crippen molar-refractivity contribution in [3.8, 4) is 0 Å². The highest BCUT2D eigenvalue weighted by Crippen LogP contribution is 2.40. The van der Waals surface area contributed by atoms with Crippen LogP contribution in [-0.4, -0.2) is 32.0 Å². The predicted octanol–water partition coefficient (Wildman–Crippen LogP) is 2.22. The first-order valence-corrected chi connectivity index (χ1v) is 8.44. The average Bonchev–Trinajstić information content (AvgIpc) is 2.38.